The lowest BCUT2D eigenvalue weighted by Crippen LogP contribution is -2.38. The molecule has 0 radical (unpaired) electrons. The van der Waals surface area contributed by atoms with Gasteiger partial charge in [0.2, 0.25) is 0 Å². The van der Waals surface area contributed by atoms with Crippen molar-refractivity contribution in [3.05, 3.63) is 60.6 Å². The lowest BCUT2D eigenvalue weighted by atomic mass is 10.2. The second-order valence-corrected chi connectivity index (χ2v) is 5.65. The van der Waals surface area contributed by atoms with Crippen molar-refractivity contribution in [2.75, 3.05) is 19.7 Å². The summed E-state index contributed by atoms with van der Waals surface area (Å²) in [6.45, 7) is 4.07. The van der Waals surface area contributed by atoms with Crippen LogP contribution < -0.4 is 20.1 Å². The second-order valence-electron chi connectivity index (χ2n) is 5.65. The zero-order chi connectivity index (χ0) is 20.2. The number of furan rings is 1. The summed E-state index contributed by atoms with van der Waals surface area (Å²) in [4.78, 5) is 4.46. The molecule has 8 heteroatoms. The summed E-state index contributed by atoms with van der Waals surface area (Å²) >= 11 is 0. The summed E-state index contributed by atoms with van der Waals surface area (Å²) in [6, 6.07) is 8.71. The average Bonchev–Trinajstić information content (AvgIpc) is 3.19. The van der Waals surface area contributed by atoms with E-state index in [0.717, 1.165) is 5.76 Å². The number of benzene rings is 1. The molecule has 0 spiro atoms. The van der Waals surface area contributed by atoms with Gasteiger partial charge >= 0.3 is 6.61 Å². The highest BCUT2D eigenvalue weighted by Crippen LogP contribution is 2.33. The minimum absolute atomic E-state index is 0.00163. The van der Waals surface area contributed by atoms with E-state index in [-0.39, 0.29) is 18.0 Å². The third-order valence-corrected chi connectivity index (χ3v) is 3.63. The first-order valence-electron chi connectivity index (χ1n) is 8.99. The van der Waals surface area contributed by atoms with Gasteiger partial charge in [0.1, 0.15) is 5.76 Å². The number of halogens is 2. The fraction of sp³-hybridized carbons (Fsp3) is 0.350. The molecule has 1 heterocycles. The number of nitrogens with one attached hydrogen (secondary N) is 2. The van der Waals surface area contributed by atoms with Crippen molar-refractivity contribution in [1.29, 1.82) is 0 Å². The zero-order valence-corrected chi connectivity index (χ0v) is 15.8. The Morgan fingerprint density at radius 3 is 2.82 bits per heavy atom. The number of guanidine groups is 1. The molecule has 0 bridgehead atoms. The Labute approximate surface area is 163 Å². The maximum absolute atomic E-state index is 12.8. The maximum atomic E-state index is 12.8. The van der Waals surface area contributed by atoms with E-state index < -0.39 is 6.61 Å². The molecule has 2 aromatic rings. The van der Waals surface area contributed by atoms with Crippen molar-refractivity contribution in [1.82, 2.24) is 10.6 Å². The molecule has 1 aromatic carbocycles. The zero-order valence-electron chi connectivity index (χ0n) is 15.8. The van der Waals surface area contributed by atoms with Crippen molar-refractivity contribution in [2.24, 2.45) is 4.99 Å². The van der Waals surface area contributed by atoms with Gasteiger partial charge in [-0.1, -0.05) is 18.2 Å². The first-order valence-corrected chi connectivity index (χ1v) is 8.99. The minimum Gasteiger partial charge on any atom is -0.490 e. The van der Waals surface area contributed by atoms with E-state index >= 15 is 0 Å². The van der Waals surface area contributed by atoms with Crippen LogP contribution in [0.25, 0.3) is 0 Å². The number of aliphatic imine (C=N–C) groups is 1. The van der Waals surface area contributed by atoms with Crippen LogP contribution in [0, 0.1) is 0 Å². The molecule has 1 aromatic heterocycles. The highest BCUT2D eigenvalue weighted by Gasteiger charge is 2.15. The van der Waals surface area contributed by atoms with Crippen LogP contribution in [0.3, 0.4) is 0 Å². The molecule has 0 saturated heterocycles. The normalized spacial score (nSPS) is 11.4. The summed E-state index contributed by atoms with van der Waals surface area (Å²) in [6.07, 6.45) is 4.00. The quantitative estimate of drug-likeness (QED) is 0.346. The molecule has 0 amide bonds. The molecule has 6 nitrogen and oxygen atoms in total. The van der Waals surface area contributed by atoms with Gasteiger partial charge in [-0.05, 0) is 25.1 Å². The standard InChI is InChI=1S/C20H25F2N3O3/c1-3-11-23-20(24-12-10-16-8-6-13-27-16)25-14-15-7-5-9-17(26-4-2)18(15)28-19(21)22/h3,5-9,13,19H,1,4,10-12,14H2,2H3,(H2,23,24,25). The molecule has 0 aliphatic rings. The van der Waals surface area contributed by atoms with Crippen molar-refractivity contribution >= 4 is 5.96 Å². The minimum atomic E-state index is -2.95. The van der Waals surface area contributed by atoms with Crippen LogP contribution >= 0.6 is 0 Å². The van der Waals surface area contributed by atoms with Crippen LogP contribution in [0.2, 0.25) is 0 Å². The Hall–Kier alpha value is -3.03. The van der Waals surface area contributed by atoms with Gasteiger partial charge in [0.25, 0.3) is 0 Å². The Balaban J connectivity index is 2.10. The van der Waals surface area contributed by atoms with Crippen molar-refractivity contribution in [3.63, 3.8) is 0 Å². The van der Waals surface area contributed by atoms with Crippen LogP contribution in [0.15, 0.2) is 58.7 Å². The van der Waals surface area contributed by atoms with Gasteiger partial charge < -0.3 is 24.5 Å². The molecule has 0 atom stereocenters. The maximum Gasteiger partial charge on any atom is 0.387 e. The molecule has 0 fully saturated rings. The summed E-state index contributed by atoms with van der Waals surface area (Å²) in [5.74, 6) is 1.65. The summed E-state index contributed by atoms with van der Waals surface area (Å²) in [5, 5.41) is 6.26. The van der Waals surface area contributed by atoms with E-state index in [2.05, 4.69) is 26.9 Å². The molecule has 2 rings (SSSR count). The van der Waals surface area contributed by atoms with Crippen molar-refractivity contribution < 1.29 is 22.7 Å². The van der Waals surface area contributed by atoms with Gasteiger partial charge in [-0.3, -0.25) is 0 Å². The summed E-state index contributed by atoms with van der Waals surface area (Å²) in [5.41, 5.74) is 0.497. The van der Waals surface area contributed by atoms with E-state index in [4.69, 9.17) is 9.15 Å². The first kappa shape index (κ1) is 21.3. The summed E-state index contributed by atoms with van der Waals surface area (Å²) in [7, 11) is 0. The average molecular weight is 393 g/mol. The predicted molar refractivity (Wildman–Crippen MR) is 104 cm³/mol. The lowest BCUT2D eigenvalue weighted by Gasteiger charge is -2.15. The molecule has 28 heavy (non-hydrogen) atoms. The number of ether oxygens (including phenoxy) is 2. The van der Waals surface area contributed by atoms with Crippen LogP contribution in [0.5, 0.6) is 11.5 Å². The number of para-hydroxylation sites is 1. The van der Waals surface area contributed by atoms with E-state index in [1.165, 1.54) is 0 Å². The lowest BCUT2D eigenvalue weighted by molar-refractivity contribution is -0.0520. The molecule has 0 saturated carbocycles. The number of hydrogen-bond acceptors (Lipinski definition) is 4. The van der Waals surface area contributed by atoms with E-state index in [9.17, 15) is 8.78 Å². The van der Waals surface area contributed by atoms with Crippen molar-refractivity contribution in [3.8, 4) is 11.5 Å². The SMILES string of the molecule is C=CCNC(=NCc1cccc(OCC)c1OC(F)F)NCCc1ccco1. The molecular weight excluding hydrogens is 368 g/mol. The Bertz CT molecular complexity index is 749. The monoisotopic (exact) mass is 393 g/mol. The smallest absolute Gasteiger partial charge is 0.387 e. The Morgan fingerprint density at radius 2 is 2.14 bits per heavy atom. The highest BCUT2D eigenvalue weighted by molar-refractivity contribution is 5.80. The van der Waals surface area contributed by atoms with Crippen LogP contribution in [0.1, 0.15) is 18.2 Å². The van der Waals surface area contributed by atoms with Gasteiger partial charge in [0.05, 0.1) is 19.4 Å². The van der Waals surface area contributed by atoms with Gasteiger partial charge in [0.15, 0.2) is 17.5 Å². The topological polar surface area (TPSA) is 68.0 Å². The summed E-state index contributed by atoms with van der Waals surface area (Å²) < 4.78 is 41.0. The number of nitrogens with zero attached hydrogens (tertiary/aromatic N) is 1. The molecule has 0 aliphatic carbocycles. The molecule has 152 valence electrons. The third kappa shape index (κ3) is 6.94. The Morgan fingerprint density at radius 1 is 1.29 bits per heavy atom. The second kappa shape index (κ2) is 11.6. The molecule has 2 N–H and O–H groups in total. The predicted octanol–water partition coefficient (Wildman–Crippen LogP) is 3.74. The Kier molecular flexibility index (Phi) is 8.84. The fourth-order valence-corrected chi connectivity index (χ4v) is 2.44. The van der Waals surface area contributed by atoms with Gasteiger partial charge in [-0.25, -0.2) is 4.99 Å². The van der Waals surface area contributed by atoms with E-state index in [1.54, 1.807) is 37.5 Å². The van der Waals surface area contributed by atoms with Crippen LogP contribution in [-0.4, -0.2) is 32.3 Å². The number of alkyl halides is 2. The largest absolute Gasteiger partial charge is 0.490 e. The fourth-order valence-electron chi connectivity index (χ4n) is 2.44. The van der Waals surface area contributed by atoms with Gasteiger partial charge in [0, 0.05) is 25.1 Å². The van der Waals surface area contributed by atoms with E-state index in [1.807, 2.05) is 12.1 Å². The third-order valence-electron chi connectivity index (χ3n) is 3.63. The van der Waals surface area contributed by atoms with Crippen molar-refractivity contribution in [2.45, 2.75) is 26.5 Å². The molecule has 0 unspecified atom stereocenters. The molecular formula is C20H25F2N3O3. The highest BCUT2D eigenvalue weighted by atomic mass is 19.3. The van der Waals surface area contributed by atoms with Gasteiger partial charge in [-0.15, -0.1) is 6.58 Å². The van der Waals surface area contributed by atoms with Crippen LogP contribution in [0.4, 0.5) is 8.78 Å². The van der Waals surface area contributed by atoms with Gasteiger partial charge in [-0.2, -0.15) is 8.78 Å². The molecule has 0 aliphatic heterocycles. The number of hydrogen-bond donors (Lipinski definition) is 2. The van der Waals surface area contributed by atoms with E-state index in [0.29, 0.717) is 37.6 Å². The number of rotatable bonds is 11. The first-order chi connectivity index (χ1) is 13.6. The van der Waals surface area contributed by atoms with Crippen LogP contribution in [-0.2, 0) is 13.0 Å².